The normalized spacial score (nSPS) is 9.93. The fraction of sp³-hybridized carbons (Fsp3) is 0.200. The van der Waals surface area contributed by atoms with Crippen molar-refractivity contribution in [3.8, 4) is 0 Å². The molecule has 0 saturated carbocycles. The van der Waals surface area contributed by atoms with Crippen molar-refractivity contribution in [2.75, 3.05) is 0 Å². The molecule has 0 spiro atoms. The van der Waals surface area contributed by atoms with Crippen molar-refractivity contribution in [3.63, 3.8) is 0 Å². The number of carbonyl (C=O) groups is 1. The molecule has 2 nitrogen and oxygen atoms in total. The maximum atomic E-state index is 11.3. The molecule has 0 amide bonds. The standard InChI is InChI=1S/C10H9Cl2NO/c1-6(2)8(14)5-7-3-4-9(11)13-10(7)12/h3-4H,1,5H2,2H3. The zero-order chi connectivity index (χ0) is 10.7. The lowest BCUT2D eigenvalue weighted by Crippen LogP contribution is -2.04. The van der Waals surface area contributed by atoms with E-state index < -0.39 is 0 Å². The minimum atomic E-state index is -0.0453. The van der Waals surface area contributed by atoms with Crippen molar-refractivity contribution in [1.82, 2.24) is 4.98 Å². The van der Waals surface area contributed by atoms with Crippen molar-refractivity contribution in [3.05, 3.63) is 40.2 Å². The smallest absolute Gasteiger partial charge is 0.162 e. The first-order chi connectivity index (χ1) is 6.50. The van der Waals surface area contributed by atoms with E-state index >= 15 is 0 Å². The maximum absolute atomic E-state index is 11.3. The topological polar surface area (TPSA) is 30.0 Å². The van der Waals surface area contributed by atoms with E-state index in [4.69, 9.17) is 23.2 Å². The van der Waals surface area contributed by atoms with Crippen molar-refractivity contribution in [1.29, 1.82) is 0 Å². The molecule has 0 aliphatic heterocycles. The molecular weight excluding hydrogens is 221 g/mol. The molecular formula is C10H9Cl2NO. The third-order valence-electron chi connectivity index (χ3n) is 1.72. The van der Waals surface area contributed by atoms with Crippen molar-refractivity contribution >= 4 is 29.0 Å². The molecule has 0 aliphatic rings. The number of rotatable bonds is 3. The molecule has 1 aromatic rings. The Labute approximate surface area is 92.6 Å². The van der Waals surface area contributed by atoms with E-state index in [0.717, 1.165) is 0 Å². The Balaban J connectivity index is 2.87. The first kappa shape index (κ1) is 11.2. The van der Waals surface area contributed by atoms with Gasteiger partial charge in [0.05, 0.1) is 0 Å². The summed E-state index contributed by atoms with van der Waals surface area (Å²) < 4.78 is 0. The van der Waals surface area contributed by atoms with Gasteiger partial charge in [-0.2, -0.15) is 0 Å². The number of allylic oxidation sites excluding steroid dienone is 1. The van der Waals surface area contributed by atoms with Crippen LogP contribution in [0.3, 0.4) is 0 Å². The number of pyridine rings is 1. The summed E-state index contributed by atoms with van der Waals surface area (Å²) >= 11 is 11.4. The van der Waals surface area contributed by atoms with Gasteiger partial charge in [-0.05, 0) is 24.1 Å². The summed E-state index contributed by atoms with van der Waals surface area (Å²) in [7, 11) is 0. The molecule has 14 heavy (non-hydrogen) atoms. The first-order valence-electron chi connectivity index (χ1n) is 4.00. The molecule has 1 aromatic heterocycles. The lowest BCUT2D eigenvalue weighted by Gasteiger charge is -2.02. The number of halogens is 2. The lowest BCUT2D eigenvalue weighted by molar-refractivity contribution is -0.114. The monoisotopic (exact) mass is 229 g/mol. The van der Waals surface area contributed by atoms with Crippen LogP contribution >= 0.6 is 23.2 Å². The summed E-state index contributed by atoms with van der Waals surface area (Å²) in [5, 5.41) is 0.591. The van der Waals surface area contributed by atoms with E-state index in [-0.39, 0.29) is 17.4 Å². The first-order valence-corrected chi connectivity index (χ1v) is 4.76. The number of Topliss-reactive ketones (excluding diaryl/α,β-unsaturated/α-hetero) is 1. The molecule has 0 unspecified atom stereocenters. The summed E-state index contributed by atoms with van der Waals surface area (Å²) in [5.74, 6) is -0.0453. The zero-order valence-corrected chi connectivity index (χ0v) is 9.19. The predicted molar refractivity (Wildman–Crippen MR) is 57.8 cm³/mol. The fourth-order valence-corrected chi connectivity index (χ4v) is 1.31. The third kappa shape index (κ3) is 2.82. The second kappa shape index (κ2) is 4.58. The second-order valence-corrected chi connectivity index (χ2v) is 3.71. The molecule has 0 atom stereocenters. The van der Waals surface area contributed by atoms with Crippen LogP contribution in [-0.2, 0) is 11.2 Å². The summed E-state index contributed by atoms with van der Waals surface area (Å²) in [6.45, 7) is 5.23. The van der Waals surface area contributed by atoms with Gasteiger partial charge < -0.3 is 0 Å². The maximum Gasteiger partial charge on any atom is 0.162 e. The van der Waals surface area contributed by atoms with Crippen LogP contribution in [0.15, 0.2) is 24.3 Å². The van der Waals surface area contributed by atoms with Gasteiger partial charge in [-0.1, -0.05) is 35.8 Å². The van der Waals surface area contributed by atoms with Crippen molar-refractivity contribution < 1.29 is 4.79 Å². The van der Waals surface area contributed by atoms with Crippen molar-refractivity contribution in [2.45, 2.75) is 13.3 Å². The zero-order valence-electron chi connectivity index (χ0n) is 7.68. The molecule has 1 heterocycles. The molecule has 74 valence electrons. The van der Waals surface area contributed by atoms with Crippen LogP contribution in [0.2, 0.25) is 10.3 Å². The SMILES string of the molecule is C=C(C)C(=O)Cc1ccc(Cl)nc1Cl. The molecule has 4 heteroatoms. The van der Waals surface area contributed by atoms with Gasteiger partial charge >= 0.3 is 0 Å². The number of hydrogen-bond acceptors (Lipinski definition) is 2. The number of ketones is 1. The number of aromatic nitrogens is 1. The lowest BCUT2D eigenvalue weighted by atomic mass is 10.1. The van der Waals surface area contributed by atoms with Crippen LogP contribution in [0, 0.1) is 0 Å². The summed E-state index contributed by atoms with van der Waals surface area (Å²) in [5.41, 5.74) is 1.18. The van der Waals surface area contributed by atoms with Gasteiger partial charge in [0, 0.05) is 6.42 Å². The molecule has 0 radical (unpaired) electrons. The highest BCUT2D eigenvalue weighted by molar-refractivity contribution is 6.33. The van der Waals surface area contributed by atoms with Gasteiger partial charge in [-0.3, -0.25) is 4.79 Å². The van der Waals surface area contributed by atoms with Gasteiger partial charge in [0.2, 0.25) is 0 Å². The second-order valence-electron chi connectivity index (χ2n) is 2.96. The highest BCUT2D eigenvalue weighted by Gasteiger charge is 2.08. The molecule has 1 rings (SSSR count). The average Bonchev–Trinajstić information content (AvgIpc) is 2.09. The van der Waals surface area contributed by atoms with E-state index in [1.807, 2.05) is 0 Å². The van der Waals surface area contributed by atoms with Gasteiger partial charge in [-0.25, -0.2) is 4.98 Å². The number of nitrogens with zero attached hydrogens (tertiary/aromatic N) is 1. The Hall–Kier alpha value is -0.860. The summed E-state index contributed by atoms with van der Waals surface area (Å²) in [4.78, 5) is 15.2. The predicted octanol–water partition coefficient (Wildman–Crippen LogP) is 3.08. The molecule has 0 N–H and O–H groups in total. The van der Waals surface area contributed by atoms with E-state index in [2.05, 4.69) is 11.6 Å². The van der Waals surface area contributed by atoms with Crippen molar-refractivity contribution in [2.24, 2.45) is 0 Å². The average molecular weight is 230 g/mol. The minimum Gasteiger partial charge on any atom is -0.294 e. The quantitative estimate of drug-likeness (QED) is 0.589. The van der Waals surface area contributed by atoms with Gasteiger partial charge in [0.25, 0.3) is 0 Å². The van der Waals surface area contributed by atoms with Crippen LogP contribution in [-0.4, -0.2) is 10.8 Å². The van der Waals surface area contributed by atoms with Crippen LogP contribution in [0.5, 0.6) is 0 Å². The molecule has 0 bridgehead atoms. The van der Waals surface area contributed by atoms with Crippen LogP contribution in [0.1, 0.15) is 12.5 Å². The Morgan fingerprint density at radius 3 is 2.64 bits per heavy atom. The van der Waals surface area contributed by atoms with Gasteiger partial charge in [-0.15, -0.1) is 0 Å². The Bertz CT molecular complexity index is 388. The van der Waals surface area contributed by atoms with Crippen LogP contribution in [0.4, 0.5) is 0 Å². The number of hydrogen-bond donors (Lipinski definition) is 0. The van der Waals surface area contributed by atoms with E-state index in [1.165, 1.54) is 0 Å². The molecule has 0 saturated heterocycles. The molecule has 0 fully saturated rings. The number of carbonyl (C=O) groups excluding carboxylic acids is 1. The summed E-state index contributed by atoms with van der Waals surface area (Å²) in [6, 6.07) is 3.30. The Morgan fingerprint density at radius 2 is 2.14 bits per heavy atom. The van der Waals surface area contributed by atoms with Crippen LogP contribution < -0.4 is 0 Å². The minimum absolute atomic E-state index is 0.0453. The van der Waals surface area contributed by atoms with Gasteiger partial charge in [0.1, 0.15) is 10.3 Å². The van der Waals surface area contributed by atoms with E-state index in [9.17, 15) is 4.79 Å². The largest absolute Gasteiger partial charge is 0.294 e. The highest BCUT2D eigenvalue weighted by Crippen LogP contribution is 2.17. The van der Waals surface area contributed by atoms with E-state index in [0.29, 0.717) is 16.3 Å². The Morgan fingerprint density at radius 1 is 1.50 bits per heavy atom. The van der Waals surface area contributed by atoms with E-state index in [1.54, 1.807) is 19.1 Å². The summed E-state index contributed by atoms with van der Waals surface area (Å²) in [6.07, 6.45) is 0.221. The van der Waals surface area contributed by atoms with Crippen LogP contribution in [0.25, 0.3) is 0 Å². The van der Waals surface area contributed by atoms with Gasteiger partial charge in [0.15, 0.2) is 5.78 Å². The molecule has 0 aromatic carbocycles. The Kier molecular flexibility index (Phi) is 3.67. The molecule has 0 aliphatic carbocycles. The third-order valence-corrected chi connectivity index (χ3v) is 2.26. The highest BCUT2D eigenvalue weighted by atomic mass is 35.5. The fourth-order valence-electron chi connectivity index (χ4n) is 0.897.